The number of nitrogens with two attached hydrogens (primary N) is 1. The van der Waals surface area contributed by atoms with Crippen molar-refractivity contribution < 1.29 is 39.6 Å². The van der Waals surface area contributed by atoms with E-state index in [9.17, 15) is 39.6 Å². The molecule has 5 rings (SSSR count). The van der Waals surface area contributed by atoms with Gasteiger partial charge in [-0.3, -0.25) is 19.2 Å². The second kappa shape index (κ2) is 7.89. The molecule has 0 bridgehead atoms. The Labute approximate surface area is 205 Å². The van der Waals surface area contributed by atoms with Crippen LogP contribution in [0.15, 0.2) is 53.3 Å². The Hall–Kier alpha value is -4.24. The Morgan fingerprint density at radius 2 is 1.78 bits per heavy atom. The first-order valence-electron chi connectivity index (χ1n) is 11.4. The Balaban J connectivity index is 1.70. The van der Waals surface area contributed by atoms with Gasteiger partial charge in [0.25, 0.3) is 5.91 Å². The molecule has 0 saturated heterocycles. The highest BCUT2D eigenvalue weighted by molar-refractivity contribution is 6.22. The van der Waals surface area contributed by atoms with Gasteiger partial charge in [0.2, 0.25) is 5.78 Å². The molecule has 0 radical (unpaired) electrons. The third-order valence-electron chi connectivity index (χ3n) is 7.53. The van der Waals surface area contributed by atoms with Crippen molar-refractivity contribution in [2.45, 2.75) is 31.8 Å². The fourth-order valence-electron chi connectivity index (χ4n) is 5.80. The van der Waals surface area contributed by atoms with E-state index in [-0.39, 0.29) is 41.9 Å². The number of aliphatic hydroxyl groups excluding tert-OH is 2. The fourth-order valence-corrected chi connectivity index (χ4v) is 5.80. The van der Waals surface area contributed by atoms with E-state index >= 15 is 0 Å². The highest BCUT2D eigenvalue weighted by atomic mass is 16.3. The molecule has 3 atom stereocenters. The average molecular weight is 489 g/mol. The molecule has 9 heteroatoms. The normalized spacial score (nSPS) is 25.3. The number of Topliss-reactive ketones (excluding diaryl/α,β-unsaturated/α-hetero) is 3. The molecular weight excluding hydrogens is 466 g/mol. The van der Waals surface area contributed by atoms with E-state index in [4.69, 9.17) is 5.73 Å². The number of phenols is 1. The van der Waals surface area contributed by atoms with E-state index in [1.165, 1.54) is 13.0 Å². The number of ketones is 3. The summed E-state index contributed by atoms with van der Waals surface area (Å²) in [6.07, 6.45) is -0.149. The van der Waals surface area contributed by atoms with Crippen molar-refractivity contribution in [2.75, 3.05) is 0 Å². The molecule has 3 aliphatic carbocycles. The lowest BCUT2D eigenvalue weighted by Gasteiger charge is -2.46. The van der Waals surface area contributed by atoms with Gasteiger partial charge in [0.05, 0.1) is 5.56 Å². The Bertz CT molecular complexity index is 1470. The topological polar surface area (TPSA) is 175 Å². The summed E-state index contributed by atoms with van der Waals surface area (Å²) < 4.78 is 0. The van der Waals surface area contributed by atoms with Crippen LogP contribution in [-0.2, 0) is 20.8 Å². The molecule has 1 fully saturated rings. The molecule has 1 saturated carbocycles. The first kappa shape index (κ1) is 23.5. The van der Waals surface area contributed by atoms with E-state index < -0.39 is 52.0 Å². The van der Waals surface area contributed by atoms with Crippen molar-refractivity contribution >= 4 is 29.0 Å². The summed E-state index contributed by atoms with van der Waals surface area (Å²) in [6.45, 7) is 1.44. The predicted molar refractivity (Wildman–Crippen MR) is 127 cm³/mol. The SMILES string of the molecule is CC(=O)c1cccc(-c2ccc(O)c3c2C[C@H]2C[C@H]4CC(=O)C(C(N)=O)=C(O)[C@@]4(O)C(=O)C2=C3O)c1. The zero-order chi connectivity index (χ0) is 26.1. The summed E-state index contributed by atoms with van der Waals surface area (Å²) in [5.41, 5.74) is 3.93. The number of rotatable bonds is 3. The molecule has 6 N–H and O–H groups in total. The monoisotopic (exact) mass is 489 g/mol. The third-order valence-corrected chi connectivity index (χ3v) is 7.53. The number of carbonyl (C=O) groups excluding carboxylic acids is 4. The summed E-state index contributed by atoms with van der Waals surface area (Å²) in [5.74, 6) is -6.83. The van der Waals surface area contributed by atoms with Crippen LogP contribution in [0.3, 0.4) is 0 Å². The maximum atomic E-state index is 13.6. The number of aromatic hydroxyl groups is 1. The number of amides is 1. The summed E-state index contributed by atoms with van der Waals surface area (Å²) in [5, 5.41) is 43.8. The fraction of sp³-hybridized carbons (Fsp3) is 0.259. The van der Waals surface area contributed by atoms with E-state index in [0.717, 1.165) is 0 Å². The number of carbonyl (C=O) groups is 4. The van der Waals surface area contributed by atoms with Gasteiger partial charge in [0, 0.05) is 23.5 Å². The summed E-state index contributed by atoms with van der Waals surface area (Å²) in [6, 6.07) is 9.90. The van der Waals surface area contributed by atoms with Crippen LogP contribution < -0.4 is 5.73 Å². The summed E-state index contributed by atoms with van der Waals surface area (Å²) in [4.78, 5) is 49.7. The summed E-state index contributed by atoms with van der Waals surface area (Å²) >= 11 is 0. The van der Waals surface area contributed by atoms with Crippen molar-refractivity contribution in [3.63, 3.8) is 0 Å². The number of phenolic OH excluding ortho intramolecular Hbond substituents is 1. The van der Waals surface area contributed by atoms with Crippen LogP contribution in [0.25, 0.3) is 16.9 Å². The van der Waals surface area contributed by atoms with Gasteiger partial charge in [0.1, 0.15) is 22.8 Å². The maximum Gasteiger partial charge on any atom is 0.255 e. The predicted octanol–water partition coefficient (Wildman–Crippen LogP) is 2.29. The molecule has 0 heterocycles. The third kappa shape index (κ3) is 3.12. The van der Waals surface area contributed by atoms with Crippen molar-refractivity contribution in [2.24, 2.45) is 17.6 Å². The van der Waals surface area contributed by atoms with Crippen LogP contribution in [0.2, 0.25) is 0 Å². The van der Waals surface area contributed by atoms with Gasteiger partial charge in [0.15, 0.2) is 17.2 Å². The van der Waals surface area contributed by atoms with Gasteiger partial charge >= 0.3 is 0 Å². The van der Waals surface area contributed by atoms with Crippen LogP contribution in [0.1, 0.15) is 41.3 Å². The first-order valence-corrected chi connectivity index (χ1v) is 11.4. The number of benzene rings is 2. The minimum absolute atomic E-state index is 0.00728. The Morgan fingerprint density at radius 3 is 2.44 bits per heavy atom. The molecule has 184 valence electrons. The second-order valence-corrected chi connectivity index (χ2v) is 9.53. The number of fused-ring (bicyclic) bond motifs is 3. The summed E-state index contributed by atoms with van der Waals surface area (Å²) in [7, 11) is 0. The van der Waals surface area contributed by atoms with Crippen molar-refractivity contribution in [1.29, 1.82) is 0 Å². The van der Waals surface area contributed by atoms with E-state index in [1.807, 2.05) is 0 Å². The molecule has 36 heavy (non-hydrogen) atoms. The lowest BCUT2D eigenvalue weighted by Crippen LogP contribution is -2.58. The number of hydrogen-bond acceptors (Lipinski definition) is 8. The minimum atomic E-state index is -2.60. The lowest BCUT2D eigenvalue weighted by molar-refractivity contribution is -0.147. The van der Waals surface area contributed by atoms with Gasteiger partial charge in [-0.15, -0.1) is 0 Å². The number of aliphatic hydroxyl groups is 3. The zero-order valence-corrected chi connectivity index (χ0v) is 19.2. The van der Waals surface area contributed by atoms with Gasteiger partial charge in [-0.2, -0.15) is 0 Å². The van der Waals surface area contributed by atoms with Gasteiger partial charge < -0.3 is 26.2 Å². The van der Waals surface area contributed by atoms with Gasteiger partial charge in [-0.1, -0.05) is 24.3 Å². The highest BCUT2D eigenvalue weighted by Crippen LogP contribution is 2.53. The van der Waals surface area contributed by atoms with Crippen molar-refractivity contribution in [3.8, 4) is 16.9 Å². The quantitative estimate of drug-likeness (QED) is 0.322. The smallest absolute Gasteiger partial charge is 0.255 e. The van der Waals surface area contributed by atoms with Crippen LogP contribution in [0.5, 0.6) is 5.75 Å². The second-order valence-electron chi connectivity index (χ2n) is 9.53. The molecular formula is C27H23NO8. The number of hydrogen-bond donors (Lipinski definition) is 5. The first-order chi connectivity index (χ1) is 17.0. The molecule has 0 aliphatic heterocycles. The van der Waals surface area contributed by atoms with E-state index in [0.29, 0.717) is 22.3 Å². The highest BCUT2D eigenvalue weighted by Gasteiger charge is 2.60. The molecule has 0 unspecified atom stereocenters. The molecule has 0 aromatic heterocycles. The van der Waals surface area contributed by atoms with Crippen LogP contribution in [-0.4, -0.2) is 49.3 Å². The molecule has 3 aliphatic rings. The Kier molecular flexibility index (Phi) is 5.15. The standard InChI is InChI=1S/C27H23NO8/c1-11(29)12-3-2-4-13(7-12)16-5-6-18(30)21-17(16)9-14-8-15-10-19(31)22(26(28)35)25(34)27(15,36)24(33)20(14)23(21)32/h2-7,14-15,30,32,34,36H,8-10H2,1H3,(H2,28,35)/t14-,15+,27+/m1/s1. The van der Waals surface area contributed by atoms with Crippen LogP contribution >= 0.6 is 0 Å². The maximum absolute atomic E-state index is 13.6. The lowest BCUT2D eigenvalue weighted by atomic mass is 9.59. The molecule has 0 spiro atoms. The molecule has 1 amide bonds. The number of primary amides is 1. The van der Waals surface area contributed by atoms with Gasteiger partial charge in [-0.05, 0) is 54.5 Å². The molecule has 9 nitrogen and oxygen atoms in total. The largest absolute Gasteiger partial charge is 0.508 e. The van der Waals surface area contributed by atoms with Crippen LogP contribution in [0, 0.1) is 11.8 Å². The molecule has 2 aromatic carbocycles. The van der Waals surface area contributed by atoms with E-state index in [2.05, 4.69) is 0 Å². The van der Waals surface area contributed by atoms with Crippen LogP contribution in [0.4, 0.5) is 0 Å². The van der Waals surface area contributed by atoms with Crippen molar-refractivity contribution in [3.05, 3.63) is 70.0 Å². The Morgan fingerprint density at radius 1 is 1.06 bits per heavy atom. The minimum Gasteiger partial charge on any atom is -0.508 e. The average Bonchev–Trinajstić information content (AvgIpc) is 2.81. The zero-order valence-electron chi connectivity index (χ0n) is 19.2. The molecule has 2 aromatic rings. The van der Waals surface area contributed by atoms with Gasteiger partial charge in [-0.25, -0.2) is 0 Å². The van der Waals surface area contributed by atoms with E-state index in [1.54, 1.807) is 30.3 Å². The van der Waals surface area contributed by atoms with Crippen molar-refractivity contribution in [1.82, 2.24) is 0 Å².